The summed E-state index contributed by atoms with van der Waals surface area (Å²) in [6.45, 7) is 0. The fourth-order valence-corrected chi connectivity index (χ4v) is 6.79. The summed E-state index contributed by atoms with van der Waals surface area (Å²) in [5.41, 5.74) is 6.53. The molecule has 0 radical (unpaired) electrons. The molecule has 1 atom stereocenters. The van der Waals surface area contributed by atoms with E-state index in [0.717, 1.165) is 0 Å². The SMILES string of the molecule is C1=CC(C2(/C3=C/CCCCCCC3)CCCCCCCC=C2C2=C/C=C/CCCCC2)=C/C=C\C=C/1. The first kappa shape index (κ1) is 27.0. The van der Waals surface area contributed by atoms with Crippen molar-refractivity contribution in [1.82, 2.24) is 0 Å². The second-order valence-electron chi connectivity index (χ2n) is 11.3. The molecule has 0 saturated carbocycles. The fourth-order valence-electron chi connectivity index (χ4n) is 6.79. The van der Waals surface area contributed by atoms with E-state index in [1.54, 1.807) is 16.7 Å². The molecule has 36 heavy (non-hydrogen) atoms. The Hall–Kier alpha value is -2.08. The molecule has 4 aliphatic carbocycles. The summed E-state index contributed by atoms with van der Waals surface area (Å²) >= 11 is 0. The maximum Gasteiger partial charge on any atom is 0.0410 e. The Bertz CT molecular complexity index is 925. The minimum absolute atomic E-state index is 0.00142. The molecule has 194 valence electrons. The topological polar surface area (TPSA) is 0 Å². The Balaban J connectivity index is 1.92. The molecule has 0 aromatic rings. The van der Waals surface area contributed by atoms with Crippen molar-refractivity contribution >= 4 is 0 Å². The Kier molecular flexibility index (Phi) is 11.4. The van der Waals surface area contributed by atoms with E-state index in [-0.39, 0.29) is 5.41 Å². The quantitative estimate of drug-likeness (QED) is 0.351. The van der Waals surface area contributed by atoms with Gasteiger partial charge in [-0.3, -0.25) is 0 Å². The molecular weight excluding hydrogens is 432 g/mol. The van der Waals surface area contributed by atoms with E-state index in [4.69, 9.17) is 0 Å². The van der Waals surface area contributed by atoms with E-state index in [0.29, 0.717) is 0 Å². The number of rotatable bonds is 3. The molecule has 0 aromatic heterocycles. The van der Waals surface area contributed by atoms with Crippen LogP contribution in [0.3, 0.4) is 0 Å². The molecule has 0 saturated heterocycles. The van der Waals surface area contributed by atoms with Gasteiger partial charge in [0.1, 0.15) is 0 Å². The van der Waals surface area contributed by atoms with Gasteiger partial charge in [-0.25, -0.2) is 0 Å². The van der Waals surface area contributed by atoms with Crippen LogP contribution in [0.1, 0.15) is 122 Å². The monoisotopic (exact) mass is 482 g/mol. The Morgan fingerprint density at radius 2 is 1.17 bits per heavy atom. The van der Waals surface area contributed by atoms with Gasteiger partial charge in [0.2, 0.25) is 0 Å². The largest absolute Gasteiger partial charge is 0.0845 e. The molecule has 0 fully saturated rings. The third-order valence-corrected chi connectivity index (χ3v) is 8.74. The van der Waals surface area contributed by atoms with Crippen LogP contribution < -0.4 is 0 Å². The molecule has 0 nitrogen and oxygen atoms in total. The van der Waals surface area contributed by atoms with Crippen LogP contribution in [0.2, 0.25) is 0 Å². The lowest BCUT2D eigenvalue weighted by molar-refractivity contribution is 0.418. The van der Waals surface area contributed by atoms with Gasteiger partial charge in [-0.05, 0) is 87.3 Å². The number of allylic oxidation sites excluding steroid dienone is 16. The minimum atomic E-state index is 0.00142. The molecule has 0 spiro atoms. The Labute approximate surface area is 222 Å². The molecule has 0 aliphatic heterocycles. The van der Waals surface area contributed by atoms with Crippen molar-refractivity contribution in [2.75, 3.05) is 0 Å². The number of hydrogen-bond acceptors (Lipinski definition) is 0. The van der Waals surface area contributed by atoms with Gasteiger partial charge in [0, 0.05) is 5.41 Å². The zero-order valence-corrected chi connectivity index (χ0v) is 22.9. The van der Waals surface area contributed by atoms with E-state index in [1.165, 1.54) is 128 Å². The third-order valence-electron chi connectivity index (χ3n) is 8.74. The van der Waals surface area contributed by atoms with Gasteiger partial charge < -0.3 is 0 Å². The highest BCUT2D eigenvalue weighted by molar-refractivity contribution is 5.55. The molecule has 0 heterocycles. The summed E-state index contributed by atoms with van der Waals surface area (Å²) in [6.07, 6.45) is 53.9. The van der Waals surface area contributed by atoms with Crippen molar-refractivity contribution in [2.24, 2.45) is 5.41 Å². The van der Waals surface area contributed by atoms with E-state index in [1.807, 2.05) is 0 Å². The van der Waals surface area contributed by atoms with E-state index in [2.05, 4.69) is 72.9 Å². The van der Waals surface area contributed by atoms with Crippen LogP contribution in [0.15, 0.2) is 95.2 Å². The van der Waals surface area contributed by atoms with E-state index in [9.17, 15) is 0 Å². The smallest absolute Gasteiger partial charge is 0.0410 e. The van der Waals surface area contributed by atoms with Gasteiger partial charge in [0.15, 0.2) is 0 Å². The van der Waals surface area contributed by atoms with Gasteiger partial charge in [0.05, 0.1) is 0 Å². The molecular formula is C36H50. The van der Waals surface area contributed by atoms with Crippen LogP contribution in [0, 0.1) is 5.41 Å². The highest BCUT2D eigenvalue weighted by Gasteiger charge is 2.41. The summed E-state index contributed by atoms with van der Waals surface area (Å²) in [5, 5.41) is 0. The predicted molar refractivity (Wildman–Crippen MR) is 159 cm³/mol. The predicted octanol–water partition coefficient (Wildman–Crippen LogP) is 11.4. The second-order valence-corrected chi connectivity index (χ2v) is 11.3. The summed E-state index contributed by atoms with van der Waals surface area (Å²) in [7, 11) is 0. The lowest BCUT2D eigenvalue weighted by atomic mass is 9.60. The first-order valence-corrected chi connectivity index (χ1v) is 15.4. The average Bonchev–Trinajstić information content (AvgIpc) is 3.10. The third kappa shape index (κ3) is 7.47. The lowest BCUT2D eigenvalue weighted by Gasteiger charge is -2.43. The van der Waals surface area contributed by atoms with Crippen LogP contribution >= 0.6 is 0 Å². The summed E-state index contributed by atoms with van der Waals surface area (Å²) in [6, 6.07) is 0. The minimum Gasteiger partial charge on any atom is -0.0845 e. The van der Waals surface area contributed by atoms with E-state index >= 15 is 0 Å². The van der Waals surface area contributed by atoms with Crippen LogP contribution in [-0.2, 0) is 0 Å². The normalized spacial score (nSPS) is 31.4. The number of hydrogen-bond donors (Lipinski definition) is 0. The average molecular weight is 483 g/mol. The highest BCUT2D eigenvalue weighted by atomic mass is 14.4. The summed E-state index contributed by atoms with van der Waals surface area (Å²) < 4.78 is 0. The molecule has 0 N–H and O–H groups in total. The van der Waals surface area contributed by atoms with Crippen molar-refractivity contribution < 1.29 is 0 Å². The summed E-state index contributed by atoms with van der Waals surface area (Å²) in [5.74, 6) is 0. The molecule has 0 amide bonds. The lowest BCUT2D eigenvalue weighted by Crippen LogP contribution is -2.30. The Morgan fingerprint density at radius 3 is 2.08 bits per heavy atom. The van der Waals surface area contributed by atoms with Crippen LogP contribution in [-0.4, -0.2) is 0 Å². The molecule has 0 heteroatoms. The van der Waals surface area contributed by atoms with Crippen molar-refractivity contribution in [3.63, 3.8) is 0 Å². The fraction of sp³-hybridized carbons (Fsp3) is 0.556. The second kappa shape index (κ2) is 15.2. The van der Waals surface area contributed by atoms with Gasteiger partial charge >= 0.3 is 0 Å². The van der Waals surface area contributed by atoms with Crippen LogP contribution in [0.4, 0.5) is 0 Å². The van der Waals surface area contributed by atoms with Gasteiger partial charge in [-0.1, -0.05) is 130 Å². The molecule has 4 aliphatic rings. The Morgan fingerprint density at radius 1 is 0.500 bits per heavy atom. The first-order valence-electron chi connectivity index (χ1n) is 15.4. The van der Waals surface area contributed by atoms with Crippen molar-refractivity contribution in [3.05, 3.63) is 95.2 Å². The van der Waals surface area contributed by atoms with Gasteiger partial charge in [0.25, 0.3) is 0 Å². The summed E-state index contributed by atoms with van der Waals surface area (Å²) in [4.78, 5) is 0. The van der Waals surface area contributed by atoms with Crippen LogP contribution in [0.25, 0.3) is 0 Å². The van der Waals surface area contributed by atoms with Crippen molar-refractivity contribution in [2.45, 2.75) is 122 Å². The maximum atomic E-state index is 2.71. The molecule has 0 bridgehead atoms. The molecule has 1 unspecified atom stereocenters. The van der Waals surface area contributed by atoms with Crippen molar-refractivity contribution in [1.29, 1.82) is 0 Å². The van der Waals surface area contributed by atoms with Crippen LogP contribution in [0.5, 0.6) is 0 Å². The van der Waals surface area contributed by atoms with Gasteiger partial charge in [-0.15, -0.1) is 0 Å². The first-order chi connectivity index (χ1) is 17.9. The van der Waals surface area contributed by atoms with Gasteiger partial charge in [-0.2, -0.15) is 0 Å². The maximum absolute atomic E-state index is 2.71. The standard InChI is InChI=1S/C36H50/c1-2-9-17-25-32(24-16-8-1)35-30-22-14-5-6-15-23-31-36(35,34-28-20-12-7-13-21-29-34)33-26-18-10-3-4-11-19-27-33/h7-8,12-13,16,20-21,24,26,28-30H,1-6,9-11,14-15,17-19,22-23,25,27,31H2/b12-7-,13-7?,16-8+,20-12?,21-13-,28-20?,29-21?,32-24?,33-26+,34-28?,34-29?,35-30?. The molecule has 4 rings (SSSR count). The van der Waals surface area contributed by atoms with E-state index < -0.39 is 0 Å². The zero-order chi connectivity index (χ0) is 24.7. The molecule has 0 aromatic carbocycles. The van der Waals surface area contributed by atoms with Crippen molar-refractivity contribution in [3.8, 4) is 0 Å². The highest BCUT2D eigenvalue weighted by Crippen LogP contribution is 2.53. The zero-order valence-electron chi connectivity index (χ0n) is 22.9.